The summed E-state index contributed by atoms with van der Waals surface area (Å²) in [7, 11) is 1.60. The highest BCUT2D eigenvalue weighted by Crippen LogP contribution is 2.07. The second kappa shape index (κ2) is 5.65. The maximum Gasteiger partial charge on any atom is 0.242 e. The van der Waals surface area contributed by atoms with Gasteiger partial charge in [0.2, 0.25) is 11.8 Å². The van der Waals surface area contributed by atoms with Crippen molar-refractivity contribution >= 4 is 17.6 Å². The average Bonchev–Trinajstić information content (AvgIpc) is 2.42. The molecule has 1 aromatic rings. The maximum absolute atomic E-state index is 11.9. The Hall–Kier alpha value is -2.17. The lowest BCUT2D eigenvalue weighted by molar-refractivity contribution is -0.148. The lowest BCUT2D eigenvalue weighted by Gasteiger charge is -2.31. The first-order valence-corrected chi connectivity index (χ1v) is 6.18. The molecule has 0 aliphatic carbocycles. The molecule has 0 radical (unpaired) electrons. The Balaban J connectivity index is 1.90. The highest BCUT2D eigenvalue weighted by atomic mass is 16.2. The minimum atomic E-state index is -0.108. The number of benzene rings is 1. The van der Waals surface area contributed by atoms with Crippen molar-refractivity contribution in [1.82, 2.24) is 9.80 Å². The van der Waals surface area contributed by atoms with Crippen molar-refractivity contribution in [2.24, 2.45) is 0 Å². The van der Waals surface area contributed by atoms with Crippen LogP contribution in [0.15, 0.2) is 30.3 Å². The molecule has 2 amide bonds. The van der Waals surface area contributed by atoms with Gasteiger partial charge in [-0.15, -0.1) is 0 Å². The van der Waals surface area contributed by atoms with E-state index in [-0.39, 0.29) is 37.1 Å². The van der Waals surface area contributed by atoms with Gasteiger partial charge < -0.3 is 9.80 Å². The lowest BCUT2D eigenvalue weighted by atomic mass is 10.1. The van der Waals surface area contributed by atoms with Gasteiger partial charge in [0.25, 0.3) is 0 Å². The molecule has 0 atom stereocenters. The van der Waals surface area contributed by atoms with Crippen LogP contribution in [-0.4, -0.2) is 54.1 Å². The van der Waals surface area contributed by atoms with Crippen molar-refractivity contribution in [2.45, 2.75) is 6.42 Å². The van der Waals surface area contributed by atoms with Crippen LogP contribution >= 0.6 is 0 Å². The summed E-state index contributed by atoms with van der Waals surface area (Å²) in [4.78, 5) is 38.0. The fourth-order valence-corrected chi connectivity index (χ4v) is 1.97. The van der Waals surface area contributed by atoms with Crippen LogP contribution in [0, 0.1) is 0 Å². The summed E-state index contributed by atoms with van der Waals surface area (Å²) in [5, 5.41) is 0. The van der Waals surface area contributed by atoms with E-state index in [2.05, 4.69) is 0 Å². The summed E-state index contributed by atoms with van der Waals surface area (Å²) in [6.07, 6.45) is 0.243. The summed E-state index contributed by atoms with van der Waals surface area (Å²) < 4.78 is 0. The molecule has 0 bridgehead atoms. The van der Waals surface area contributed by atoms with Crippen LogP contribution in [0.25, 0.3) is 0 Å². The monoisotopic (exact) mass is 260 g/mol. The molecule has 0 spiro atoms. The Morgan fingerprint density at radius 1 is 1.11 bits per heavy atom. The summed E-state index contributed by atoms with van der Waals surface area (Å²) in [6.45, 7) is 0.460. The quantitative estimate of drug-likeness (QED) is 0.743. The van der Waals surface area contributed by atoms with Gasteiger partial charge in [0.15, 0.2) is 5.78 Å². The number of likely N-dealkylation sites (N-methyl/N-ethyl adjacent to an activating group) is 1. The Morgan fingerprint density at radius 2 is 1.79 bits per heavy atom. The van der Waals surface area contributed by atoms with E-state index in [1.54, 1.807) is 31.3 Å². The van der Waals surface area contributed by atoms with Crippen LogP contribution in [0.2, 0.25) is 0 Å². The Bertz CT molecular complexity index is 499. The Kier molecular flexibility index (Phi) is 3.94. The summed E-state index contributed by atoms with van der Waals surface area (Å²) >= 11 is 0. The zero-order chi connectivity index (χ0) is 13.8. The van der Waals surface area contributed by atoms with Crippen molar-refractivity contribution in [3.8, 4) is 0 Å². The number of piperazine rings is 1. The van der Waals surface area contributed by atoms with Crippen LogP contribution in [0.1, 0.15) is 16.8 Å². The third-order valence-corrected chi connectivity index (χ3v) is 3.18. The molecule has 5 nitrogen and oxygen atoms in total. The topological polar surface area (TPSA) is 57.7 Å². The molecular formula is C14H16N2O3. The standard InChI is InChI=1S/C14H16N2O3/c1-15-9-14(19)16(10-13(15)18)8-7-12(17)11-5-3-2-4-6-11/h2-6H,7-10H2,1H3. The molecule has 1 aromatic carbocycles. The molecular weight excluding hydrogens is 244 g/mol. The van der Waals surface area contributed by atoms with Crippen LogP contribution in [-0.2, 0) is 9.59 Å². The smallest absolute Gasteiger partial charge is 0.242 e. The fraction of sp³-hybridized carbons (Fsp3) is 0.357. The van der Waals surface area contributed by atoms with Gasteiger partial charge in [0.05, 0.1) is 13.1 Å². The molecule has 0 unspecified atom stereocenters. The number of carbonyl (C=O) groups is 3. The number of nitrogens with zero attached hydrogens (tertiary/aromatic N) is 2. The molecule has 0 aromatic heterocycles. The van der Waals surface area contributed by atoms with Gasteiger partial charge in [-0.1, -0.05) is 30.3 Å². The predicted molar refractivity (Wildman–Crippen MR) is 69.6 cm³/mol. The second-order valence-electron chi connectivity index (χ2n) is 4.60. The maximum atomic E-state index is 11.9. The van der Waals surface area contributed by atoms with Gasteiger partial charge in [-0.05, 0) is 0 Å². The molecule has 1 fully saturated rings. The van der Waals surface area contributed by atoms with Crippen molar-refractivity contribution in [3.05, 3.63) is 35.9 Å². The third-order valence-electron chi connectivity index (χ3n) is 3.18. The van der Waals surface area contributed by atoms with Crippen molar-refractivity contribution in [1.29, 1.82) is 0 Å². The Morgan fingerprint density at radius 3 is 2.47 bits per heavy atom. The van der Waals surface area contributed by atoms with Crippen molar-refractivity contribution in [3.63, 3.8) is 0 Å². The molecule has 0 N–H and O–H groups in total. The Labute approximate surface area is 111 Å². The van der Waals surface area contributed by atoms with Crippen molar-refractivity contribution in [2.75, 3.05) is 26.7 Å². The van der Waals surface area contributed by atoms with Crippen LogP contribution in [0.5, 0.6) is 0 Å². The van der Waals surface area contributed by atoms with E-state index in [4.69, 9.17) is 0 Å². The largest absolute Gasteiger partial charge is 0.335 e. The van der Waals surface area contributed by atoms with E-state index in [0.717, 1.165) is 0 Å². The molecule has 1 saturated heterocycles. The molecule has 1 aliphatic heterocycles. The molecule has 0 saturated carbocycles. The van der Waals surface area contributed by atoms with Gasteiger partial charge in [0, 0.05) is 25.6 Å². The van der Waals surface area contributed by atoms with E-state index >= 15 is 0 Å². The number of Topliss-reactive ketones (excluding diaryl/α,β-unsaturated/α-hetero) is 1. The fourth-order valence-electron chi connectivity index (χ4n) is 1.97. The summed E-state index contributed by atoms with van der Waals surface area (Å²) in [6, 6.07) is 8.95. The third kappa shape index (κ3) is 3.19. The zero-order valence-corrected chi connectivity index (χ0v) is 10.8. The van der Waals surface area contributed by atoms with Crippen LogP contribution < -0.4 is 0 Å². The first kappa shape index (κ1) is 13.3. The first-order valence-electron chi connectivity index (χ1n) is 6.18. The highest BCUT2D eigenvalue weighted by Gasteiger charge is 2.27. The van der Waals surface area contributed by atoms with E-state index in [1.165, 1.54) is 9.80 Å². The number of hydrogen-bond donors (Lipinski definition) is 0. The van der Waals surface area contributed by atoms with Crippen molar-refractivity contribution < 1.29 is 14.4 Å². The minimum absolute atomic E-state index is 0.0141. The van der Waals surface area contributed by atoms with Gasteiger partial charge in [-0.2, -0.15) is 0 Å². The summed E-state index contributed by atoms with van der Waals surface area (Å²) in [5.41, 5.74) is 0.635. The molecule has 19 heavy (non-hydrogen) atoms. The van der Waals surface area contributed by atoms with Crippen LogP contribution in [0.3, 0.4) is 0 Å². The normalized spacial score (nSPS) is 15.8. The molecule has 1 heterocycles. The molecule has 1 aliphatic rings. The first-order chi connectivity index (χ1) is 9.08. The number of hydrogen-bond acceptors (Lipinski definition) is 3. The highest BCUT2D eigenvalue weighted by molar-refractivity contribution is 5.97. The number of rotatable bonds is 4. The SMILES string of the molecule is CN1CC(=O)N(CCC(=O)c2ccccc2)CC1=O. The van der Waals surface area contributed by atoms with Gasteiger partial charge in [0.1, 0.15) is 0 Å². The zero-order valence-electron chi connectivity index (χ0n) is 10.8. The van der Waals surface area contributed by atoms with Gasteiger partial charge in [-0.25, -0.2) is 0 Å². The van der Waals surface area contributed by atoms with Crippen LogP contribution in [0.4, 0.5) is 0 Å². The molecule has 5 heteroatoms. The molecule has 2 rings (SSSR count). The number of amides is 2. The van der Waals surface area contributed by atoms with Gasteiger partial charge >= 0.3 is 0 Å². The second-order valence-corrected chi connectivity index (χ2v) is 4.60. The van der Waals surface area contributed by atoms with E-state index in [9.17, 15) is 14.4 Å². The molecule has 100 valence electrons. The van der Waals surface area contributed by atoms with Gasteiger partial charge in [-0.3, -0.25) is 14.4 Å². The summed E-state index contributed by atoms with van der Waals surface area (Å²) in [5.74, 6) is -0.213. The average molecular weight is 260 g/mol. The lowest BCUT2D eigenvalue weighted by Crippen LogP contribution is -2.52. The predicted octanol–water partition coefficient (Wildman–Crippen LogP) is 0.560. The minimum Gasteiger partial charge on any atom is -0.335 e. The van der Waals surface area contributed by atoms with E-state index in [1.807, 2.05) is 6.07 Å². The number of carbonyl (C=O) groups excluding carboxylic acids is 3. The van der Waals surface area contributed by atoms with E-state index < -0.39 is 0 Å². The van der Waals surface area contributed by atoms with E-state index in [0.29, 0.717) is 12.1 Å². The number of ketones is 1.